The lowest BCUT2D eigenvalue weighted by Crippen LogP contribution is -2.41. The Balaban J connectivity index is 2.99. The average Bonchev–Trinajstić information content (AvgIpc) is 2.55. The highest BCUT2D eigenvalue weighted by Crippen LogP contribution is 2.23. The summed E-state index contributed by atoms with van der Waals surface area (Å²) >= 11 is 0. The van der Waals surface area contributed by atoms with Crippen molar-refractivity contribution in [2.45, 2.75) is 40.7 Å². The maximum atomic E-state index is 12.8. The van der Waals surface area contributed by atoms with Crippen molar-refractivity contribution >= 4 is 11.6 Å². The van der Waals surface area contributed by atoms with Crippen LogP contribution in [0, 0.1) is 18.3 Å². The first-order valence-electron chi connectivity index (χ1n) is 8.48. The van der Waals surface area contributed by atoms with Crippen LogP contribution in [0.5, 0.6) is 0 Å². The summed E-state index contributed by atoms with van der Waals surface area (Å²) in [4.78, 5) is 14.3. The molecule has 0 aliphatic carbocycles. The molecule has 1 aromatic carbocycles. The summed E-state index contributed by atoms with van der Waals surface area (Å²) in [6.07, 6.45) is 0. The molecule has 0 aromatic heterocycles. The van der Waals surface area contributed by atoms with Crippen LogP contribution in [-0.4, -0.2) is 53.9 Å². The zero-order chi connectivity index (χ0) is 18.5. The van der Waals surface area contributed by atoms with Gasteiger partial charge >= 0.3 is 0 Å². The van der Waals surface area contributed by atoms with Gasteiger partial charge in [-0.3, -0.25) is 4.79 Å². The molecule has 1 atom stereocenters. The average molecular weight is 336 g/mol. The van der Waals surface area contributed by atoms with E-state index in [0.717, 1.165) is 11.3 Å². The monoisotopic (exact) mass is 336 g/mol. The fourth-order valence-corrected chi connectivity index (χ4v) is 2.44. The maximum Gasteiger partial charge on any atom is 0.253 e. The van der Waals surface area contributed by atoms with E-state index in [2.05, 4.69) is 26.1 Å². The number of benzene rings is 1. The predicted octanol–water partition coefficient (Wildman–Crippen LogP) is 2.51. The number of carbonyl (C=O) groups is 1. The molecule has 0 aliphatic heterocycles. The fourth-order valence-electron chi connectivity index (χ4n) is 2.44. The largest absolute Gasteiger partial charge is 0.396 e. The van der Waals surface area contributed by atoms with Gasteiger partial charge in [0.1, 0.15) is 0 Å². The number of amides is 1. The first kappa shape index (κ1) is 20.5. The molecule has 0 bridgehead atoms. The number of rotatable bonds is 8. The Labute approximate surface area is 145 Å². The van der Waals surface area contributed by atoms with Crippen LogP contribution in [-0.2, 0) is 0 Å². The molecule has 1 amide bonds. The van der Waals surface area contributed by atoms with Crippen LogP contribution in [0.4, 0.5) is 5.69 Å². The third-order valence-electron chi connectivity index (χ3n) is 4.68. The number of hydrogen-bond acceptors (Lipinski definition) is 4. The van der Waals surface area contributed by atoms with E-state index in [4.69, 9.17) is 0 Å². The molecule has 136 valence electrons. The number of hydrogen-bond donors (Lipinski definition) is 3. The van der Waals surface area contributed by atoms with Crippen molar-refractivity contribution in [3.63, 3.8) is 0 Å². The molecule has 0 saturated heterocycles. The molecule has 1 rings (SSSR count). The third-order valence-corrected chi connectivity index (χ3v) is 4.68. The van der Waals surface area contributed by atoms with Crippen molar-refractivity contribution in [2.75, 3.05) is 32.1 Å². The van der Waals surface area contributed by atoms with E-state index in [9.17, 15) is 15.0 Å². The van der Waals surface area contributed by atoms with E-state index in [1.807, 2.05) is 25.1 Å². The van der Waals surface area contributed by atoms with Crippen LogP contribution < -0.4 is 5.32 Å². The summed E-state index contributed by atoms with van der Waals surface area (Å²) in [5.41, 5.74) is 1.80. The van der Waals surface area contributed by atoms with Gasteiger partial charge < -0.3 is 20.4 Å². The Kier molecular flexibility index (Phi) is 7.24. The summed E-state index contributed by atoms with van der Waals surface area (Å²) in [7, 11) is 1.70. The second-order valence-electron chi connectivity index (χ2n) is 7.44. The zero-order valence-electron chi connectivity index (χ0n) is 15.8. The van der Waals surface area contributed by atoms with Gasteiger partial charge in [0.05, 0.1) is 13.2 Å². The molecule has 0 fully saturated rings. The lowest BCUT2D eigenvalue weighted by atomic mass is 9.92. The molecular weight excluding hydrogens is 304 g/mol. The predicted molar refractivity (Wildman–Crippen MR) is 98.3 cm³/mol. The van der Waals surface area contributed by atoms with Crippen molar-refractivity contribution in [1.29, 1.82) is 0 Å². The lowest BCUT2D eigenvalue weighted by molar-refractivity contribution is 0.0366. The number of nitrogens with zero attached hydrogens (tertiary/aromatic N) is 1. The molecule has 5 heteroatoms. The van der Waals surface area contributed by atoms with Gasteiger partial charge in [-0.1, -0.05) is 26.8 Å². The molecule has 24 heavy (non-hydrogen) atoms. The molecular formula is C19H32N2O3. The van der Waals surface area contributed by atoms with E-state index < -0.39 is 5.41 Å². The van der Waals surface area contributed by atoms with Gasteiger partial charge in [0.25, 0.3) is 5.91 Å². The Morgan fingerprint density at radius 1 is 1.25 bits per heavy atom. The molecule has 0 aliphatic rings. The first-order valence-corrected chi connectivity index (χ1v) is 8.48. The Morgan fingerprint density at radius 3 is 2.33 bits per heavy atom. The van der Waals surface area contributed by atoms with Gasteiger partial charge in [0.2, 0.25) is 0 Å². The second-order valence-corrected chi connectivity index (χ2v) is 7.44. The summed E-state index contributed by atoms with van der Waals surface area (Å²) < 4.78 is 0. The van der Waals surface area contributed by atoms with Gasteiger partial charge in [-0.2, -0.15) is 0 Å². The summed E-state index contributed by atoms with van der Waals surface area (Å²) in [5, 5.41) is 22.3. The van der Waals surface area contributed by atoms with Crippen LogP contribution in [0.25, 0.3) is 0 Å². The topological polar surface area (TPSA) is 72.8 Å². The summed E-state index contributed by atoms with van der Waals surface area (Å²) in [6, 6.07) is 5.98. The van der Waals surface area contributed by atoms with Crippen molar-refractivity contribution in [3.8, 4) is 0 Å². The molecule has 0 radical (unpaired) electrons. The zero-order valence-corrected chi connectivity index (χ0v) is 15.8. The van der Waals surface area contributed by atoms with Crippen molar-refractivity contribution in [2.24, 2.45) is 11.3 Å². The van der Waals surface area contributed by atoms with E-state index >= 15 is 0 Å². The van der Waals surface area contributed by atoms with Gasteiger partial charge in [-0.05, 0) is 37.5 Å². The summed E-state index contributed by atoms with van der Waals surface area (Å²) in [6.45, 7) is 10.1. The smallest absolute Gasteiger partial charge is 0.253 e. The van der Waals surface area contributed by atoms with Crippen molar-refractivity contribution < 1.29 is 15.0 Å². The maximum absolute atomic E-state index is 12.8. The van der Waals surface area contributed by atoms with E-state index in [1.54, 1.807) is 18.9 Å². The minimum atomic E-state index is -0.708. The van der Waals surface area contributed by atoms with Crippen LogP contribution in [0.1, 0.15) is 43.6 Å². The molecule has 5 nitrogen and oxygen atoms in total. The standard InChI is InChI=1S/C19H32N2O3/c1-13(2)15(4)20-17-9-7-8-16(14(17)3)18(24)21(6)10-19(5,11-22)12-23/h7-9,13,15,20,22-23H,10-12H2,1-6H3. The van der Waals surface area contributed by atoms with Gasteiger partial charge in [-0.15, -0.1) is 0 Å². The first-order chi connectivity index (χ1) is 11.1. The highest BCUT2D eigenvalue weighted by molar-refractivity contribution is 5.97. The Hall–Kier alpha value is -1.59. The molecule has 0 spiro atoms. The van der Waals surface area contributed by atoms with Gasteiger partial charge in [0.15, 0.2) is 0 Å². The van der Waals surface area contributed by atoms with E-state index in [-0.39, 0.29) is 19.1 Å². The fraction of sp³-hybridized carbons (Fsp3) is 0.632. The number of aliphatic hydroxyl groups is 2. The van der Waals surface area contributed by atoms with Crippen LogP contribution in [0.3, 0.4) is 0 Å². The molecule has 0 heterocycles. The van der Waals surface area contributed by atoms with E-state index in [1.165, 1.54) is 0 Å². The normalized spacial score (nSPS) is 13.0. The molecule has 1 unspecified atom stereocenters. The number of aliphatic hydroxyl groups excluding tert-OH is 2. The highest BCUT2D eigenvalue weighted by atomic mass is 16.3. The Bertz CT molecular complexity index is 554. The molecule has 0 saturated carbocycles. The van der Waals surface area contributed by atoms with Crippen molar-refractivity contribution in [3.05, 3.63) is 29.3 Å². The number of carbonyl (C=O) groups excluding carboxylic acids is 1. The van der Waals surface area contributed by atoms with Crippen molar-refractivity contribution in [1.82, 2.24) is 4.90 Å². The second kappa shape index (κ2) is 8.49. The van der Waals surface area contributed by atoms with Crippen LogP contribution in [0.2, 0.25) is 0 Å². The lowest BCUT2D eigenvalue weighted by Gasteiger charge is -2.31. The molecule has 1 aromatic rings. The van der Waals surface area contributed by atoms with Gasteiger partial charge in [-0.25, -0.2) is 0 Å². The third kappa shape index (κ3) is 4.95. The quantitative estimate of drug-likeness (QED) is 0.682. The highest BCUT2D eigenvalue weighted by Gasteiger charge is 2.27. The van der Waals surface area contributed by atoms with Crippen LogP contribution >= 0.6 is 0 Å². The van der Waals surface area contributed by atoms with Crippen LogP contribution in [0.15, 0.2) is 18.2 Å². The minimum absolute atomic E-state index is 0.110. The minimum Gasteiger partial charge on any atom is -0.396 e. The van der Waals surface area contributed by atoms with Gasteiger partial charge in [0, 0.05) is 36.3 Å². The van der Waals surface area contributed by atoms with E-state index in [0.29, 0.717) is 24.1 Å². The Morgan fingerprint density at radius 2 is 1.83 bits per heavy atom. The number of anilines is 1. The molecule has 3 N–H and O–H groups in total. The summed E-state index contributed by atoms with van der Waals surface area (Å²) in [5.74, 6) is 0.378. The SMILES string of the molecule is Cc1c(NC(C)C(C)C)cccc1C(=O)N(C)CC(C)(CO)CO. The number of nitrogens with one attached hydrogen (secondary N) is 1.